The molecule has 2 heterocycles. The van der Waals surface area contributed by atoms with Crippen LogP contribution in [-0.4, -0.2) is 33.6 Å². The zero-order valence-corrected chi connectivity index (χ0v) is 16.5. The van der Waals surface area contributed by atoms with Gasteiger partial charge in [-0.2, -0.15) is 0 Å². The number of hydrogen-bond acceptors (Lipinski definition) is 3. The van der Waals surface area contributed by atoms with Gasteiger partial charge in [-0.3, -0.25) is 4.90 Å². The smallest absolute Gasteiger partial charge is 0.123 e. The molecule has 0 radical (unpaired) electrons. The number of nitrogens with zero attached hydrogens (tertiary/aromatic N) is 3. The van der Waals surface area contributed by atoms with Gasteiger partial charge in [0.1, 0.15) is 11.6 Å². The molecule has 7 heteroatoms. The van der Waals surface area contributed by atoms with E-state index >= 15 is 0 Å². The fraction of sp³-hybridized carbons (Fsp3) is 0.526. The van der Waals surface area contributed by atoms with Crippen molar-refractivity contribution < 1.29 is 4.39 Å². The summed E-state index contributed by atoms with van der Waals surface area (Å²) in [6.45, 7) is 3.60. The Hall–Kier alpha value is -1.14. The van der Waals surface area contributed by atoms with Crippen LogP contribution in [0.25, 0.3) is 0 Å². The van der Waals surface area contributed by atoms with Gasteiger partial charge in [0.05, 0.1) is 6.54 Å². The van der Waals surface area contributed by atoms with Crippen LogP contribution in [0.15, 0.2) is 30.6 Å². The van der Waals surface area contributed by atoms with E-state index in [4.69, 9.17) is 11.6 Å². The van der Waals surface area contributed by atoms with E-state index in [1.165, 1.54) is 25.3 Å². The Kier molecular flexibility index (Phi) is 5.92. The normalized spacial score (nSPS) is 21.0. The van der Waals surface area contributed by atoms with Crippen LogP contribution in [0.5, 0.6) is 0 Å². The molecular weight excluding hydrogens is 374 g/mol. The highest BCUT2D eigenvalue weighted by atomic mass is 35.5. The van der Waals surface area contributed by atoms with Crippen LogP contribution in [0.3, 0.4) is 0 Å². The summed E-state index contributed by atoms with van der Waals surface area (Å²) in [5.74, 6) is 0.798. The molecule has 142 valence electrons. The SMILES string of the molecule is Cl.Cn1ccnc1CN(Cc1cc(F)ccc1Cl)C1CC12CCNCC2. The van der Waals surface area contributed by atoms with Gasteiger partial charge in [-0.25, -0.2) is 9.37 Å². The summed E-state index contributed by atoms with van der Waals surface area (Å²) in [7, 11) is 2.02. The molecule has 1 N–H and O–H groups in total. The molecule has 1 saturated carbocycles. The maximum absolute atomic E-state index is 13.7. The molecule has 1 saturated heterocycles. The first-order valence-electron chi connectivity index (χ1n) is 8.92. The van der Waals surface area contributed by atoms with Crippen molar-refractivity contribution in [3.8, 4) is 0 Å². The van der Waals surface area contributed by atoms with Crippen LogP contribution in [0.1, 0.15) is 30.7 Å². The van der Waals surface area contributed by atoms with Gasteiger partial charge >= 0.3 is 0 Å². The van der Waals surface area contributed by atoms with E-state index in [0.29, 0.717) is 23.0 Å². The Bertz CT molecular complexity index is 758. The molecule has 1 aliphatic heterocycles. The Labute approximate surface area is 165 Å². The Balaban J connectivity index is 0.00000196. The second-order valence-corrected chi connectivity index (χ2v) is 7.83. The van der Waals surface area contributed by atoms with E-state index in [0.717, 1.165) is 31.0 Å². The topological polar surface area (TPSA) is 33.1 Å². The number of aryl methyl sites for hydroxylation is 1. The van der Waals surface area contributed by atoms with E-state index < -0.39 is 0 Å². The number of hydrogen-bond donors (Lipinski definition) is 1. The minimum Gasteiger partial charge on any atom is -0.337 e. The molecule has 1 unspecified atom stereocenters. The second kappa shape index (κ2) is 7.85. The molecule has 4 rings (SSSR count). The van der Waals surface area contributed by atoms with Gasteiger partial charge in [0, 0.05) is 37.1 Å². The molecule has 1 aromatic heterocycles. The van der Waals surface area contributed by atoms with E-state index in [-0.39, 0.29) is 18.2 Å². The summed E-state index contributed by atoms with van der Waals surface area (Å²) in [6, 6.07) is 5.15. The molecule has 1 aromatic carbocycles. The van der Waals surface area contributed by atoms with E-state index in [9.17, 15) is 4.39 Å². The summed E-state index contributed by atoms with van der Waals surface area (Å²) < 4.78 is 15.8. The third-order valence-corrected chi connectivity index (χ3v) is 6.20. The monoisotopic (exact) mass is 398 g/mol. The molecule has 26 heavy (non-hydrogen) atoms. The van der Waals surface area contributed by atoms with E-state index in [1.807, 2.05) is 19.4 Å². The third-order valence-electron chi connectivity index (χ3n) is 5.83. The van der Waals surface area contributed by atoms with Crippen molar-refractivity contribution in [3.63, 3.8) is 0 Å². The number of rotatable bonds is 5. The number of aromatic nitrogens is 2. The predicted octanol–water partition coefficient (Wildman–Crippen LogP) is 3.78. The summed E-state index contributed by atoms with van der Waals surface area (Å²) in [5, 5.41) is 4.09. The molecule has 1 atom stereocenters. The number of imidazole rings is 1. The van der Waals surface area contributed by atoms with Gasteiger partial charge in [-0.15, -0.1) is 12.4 Å². The van der Waals surface area contributed by atoms with E-state index in [1.54, 1.807) is 12.1 Å². The average molecular weight is 399 g/mol. The van der Waals surface area contributed by atoms with Crippen LogP contribution in [0.2, 0.25) is 5.02 Å². The summed E-state index contributed by atoms with van der Waals surface area (Å²) in [4.78, 5) is 6.92. The van der Waals surface area contributed by atoms with Crippen molar-refractivity contribution in [2.24, 2.45) is 12.5 Å². The average Bonchev–Trinajstić information content (AvgIpc) is 3.13. The molecule has 2 fully saturated rings. The fourth-order valence-electron chi connectivity index (χ4n) is 4.19. The summed E-state index contributed by atoms with van der Waals surface area (Å²) in [5.41, 5.74) is 1.27. The Morgan fingerprint density at radius 2 is 2.12 bits per heavy atom. The van der Waals surface area contributed by atoms with Gasteiger partial charge in [0.15, 0.2) is 0 Å². The van der Waals surface area contributed by atoms with Crippen molar-refractivity contribution in [1.29, 1.82) is 0 Å². The van der Waals surface area contributed by atoms with Crippen LogP contribution < -0.4 is 5.32 Å². The Morgan fingerprint density at radius 1 is 1.35 bits per heavy atom. The lowest BCUT2D eigenvalue weighted by atomic mass is 9.93. The minimum absolute atomic E-state index is 0. The summed E-state index contributed by atoms with van der Waals surface area (Å²) in [6.07, 6.45) is 7.44. The highest BCUT2D eigenvalue weighted by Crippen LogP contribution is 2.56. The van der Waals surface area contributed by atoms with E-state index in [2.05, 4.69) is 19.8 Å². The number of piperidine rings is 1. The quantitative estimate of drug-likeness (QED) is 0.831. The standard InChI is InChI=1S/C19H24ClFN4.ClH/c1-24-9-8-23-18(24)13-25(12-14-10-15(21)2-3-16(14)20)17-11-19(17)4-6-22-7-5-19;/h2-3,8-10,17,22H,4-7,11-13H2,1H3;1H. The van der Waals surface area contributed by atoms with Gasteiger partial charge in [-0.05, 0) is 61.5 Å². The molecule has 2 aromatic rings. The van der Waals surface area contributed by atoms with Crippen LogP contribution in [0, 0.1) is 11.2 Å². The predicted molar refractivity (Wildman–Crippen MR) is 104 cm³/mol. The van der Waals surface area contributed by atoms with Crippen LogP contribution in [0.4, 0.5) is 4.39 Å². The third kappa shape index (κ3) is 3.91. The summed E-state index contributed by atoms with van der Waals surface area (Å²) >= 11 is 6.33. The van der Waals surface area contributed by atoms with Crippen LogP contribution in [-0.2, 0) is 20.1 Å². The zero-order chi connectivity index (χ0) is 17.4. The molecule has 2 aliphatic rings. The van der Waals surface area contributed by atoms with Crippen LogP contribution >= 0.6 is 24.0 Å². The minimum atomic E-state index is -0.233. The molecule has 4 nitrogen and oxygen atoms in total. The van der Waals surface area contributed by atoms with Crippen molar-refractivity contribution in [1.82, 2.24) is 19.8 Å². The molecule has 1 aliphatic carbocycles. The highest BCUT2D eigenvalue weighted by Gasteiger charge is 2.56. The first-order chi connectivity index (χ1) is 12.1. The number of halogens is 3. The van der Waals surface area contributed by atoms with Crippen molar-refractivity contribution in [3.05, 3.63) is 52.8 Å². The maximum atomic E-state index is 13.7. The van der Waals surface area contributed by atoms with Crippen molar-refractivity contribution in [2.75, 3.05) is 13.1 Å². The second-order valence-electron chi connectivity index (χ2n) is 7.43. The lowest BCUT2D eigenvalue weighted by molar-refractivity contribution is 0.182. The highest BCUT2D eigenvalue weighted by molar-refractivity contribution is 6.31. The van der Waals surface area contributed by atoms with Gasteiger partial charge in [-0.1, -0.05) is 11.6 Å². The molecular formula is C19H25Cl2FN4. The lowest BCUT2D eigenvalue weighted by Gasteiger charge is -2.29. The fourth-order valence-corrected chi connectivity index (χ4v) is 4.37. The molecule has 0 amide bonds. The van der Waals surface area contributed by atoms with Crippen molar-refractivity contribution >= 4 is 24.0 Å². The molecule has 0 bridgehead atoms. The van der Waals surface area contributed by atoms with Crippen molar-refractivity contribution in [2.45, 2.75) is 38.4 Å². The van der Waals surface area contributed by atoms with Gasteiger partial charge in [0.25, 0.3) is 0 Å². The lowest BCUT2D eigenvalue weighted by Crippen LogP contribution is -2.36. The van der Waals surface area contributed by atoms with Gasteiger partial charge in [0.2, 0.25) is 0 Å². The maximum Gasteiger partial charge on any atom is 0.123 e. The molecule has 1 spiro atoms. The number of nitrogens with one attached hydrogen (secondary N) is 1. The first kappa shape index (κ1) is 19.6. The Morgan fingerprint density at radius 3 is 2.81 bits per heavy atom. The first-order valence-corrected chi connectivity index (χ1v) is 9.30. The zero-order valence-electron chi connectivity index (χ0n) is 14.9. The van der Waals surface area contributed by atoms with Gasteiger partial charge < -0.3 is 9.88 Å². The largest absolute Gasteiger partial charge is 0.337 e. The number of benzene rings is 1.